The largest absolute Gasteiger partial charge is 0.494 e. The van der Waals surface area contributed by atoms with E-state index in [4.69, 9.17) is 18.0 Å². The van der Waals surface area contributed by atoms with E-state index in [1.165, 1.54) is 10.8 Å². The summed E-state index contributed by atoms with van der Waals surface area (Å²) in [6.45, 7) is 3.87. The second kappa shape index (κ2) is 6.57. The highest BCUT2D eigenvalue weighted by molar-refractivity contribution is 7.71. The lowest BCUT2D eigenvalue weighted by Crippen LogP contribution is -2.20. The molecule has 2 rings (SSSR count). The second-order valence-electron chi connectivity index (χ2n) is 4.94. The lowest BCUT2D eigenvalue weighted by molar-refractivity contribution is 0.371. The summed E-state index contributed by atoms with van der Waals surface area (Å²) in [6, 6.07) is 6.97. The zero-order valence-electron chi connectivity index (χ0n) is 12.4. The lowest BCUT2D eigenvalue weighted by atomic mass is 10.2. The molecule has 0 unspecified atom stereocenters. The van der Waals surface area contributed by atoms with Crippen LogP contribution in [0.2, 0.25) is 0 Å². The minimum Gasteiger partial charge on any atom is -0.494 e. The highest BCUT2D eigenvalue weighted by Crippen LogP contribution is 2.23. The molecule has 2 aromatic rings. The molecule has 0 saturated carbocycles. The fraction of sp³-hybridized carbons (Fsp3) is 0.267. The van der Waals surface area contributed by atoms with Crippen LogP contribution in [0, 0.1) is 4.77 Å². The van der Waals surface area contributed by atoms with Crippen LogP contribution < -0.4 is 11.3 Å². The highest BCUT2D eigenvalue weighted by atomic mass is 32.1. The summed E-state index contributed by atoms with van der Waals surface area (Å²) in [7, 11) is 0. The molecule has 1 aromatic carbocycles. The van der Waals surface area contributed by atoms with Crippen molar-refractivity contribution in [2.24, 2.45) is 4.99 Å². The van der Waals surface area contributed by atoms with Gasteiger partial charge in [-0.2, -0.15) is 0 Å². The molecule has 0 aliphatic carbocycles. The number of nitrogen functional groups attached to an aromatic ring is 1. The predicted molar refractivity (Wildman–Crippen MR) is 90.7 cm³/mol. The molecule has 22 heavy (non-hydrogen) atoms. The van der Waals surface area contributed by atoms with Gasteiger partial charge in [0.2, 0.25) is 5.88 Å². The molecule has 1 aromatic heterocycles. The maximum Gasteiger partial charge on any atom is 0.264 e. The van der Waals surface area contributed by atoms with Gasteiger partial charge in [0.1, 0.15) is 5.56 Å². The molecule has 1 heterocycles. The Kier molecular flexibility index (Phi) is 4.77. The third-order valence-corrected chi connectivity index (χ3v) is 3.75. The first kappa shape index (κ1) is 16.0. The fourth-order valence-corrected chi connectivity index (χ4v) is 2.36. The molecule has 4 N–H and O–H groups in total. The van der Waals surface area contributed by atoms with Gasteiger partial charge in [0.25, 0.3) is 5.56 Å². The van der Waals surface area contributed by atoms with E-state index in [0.29, 0.717) is 11.4 Å². The smallest absolute Gasteiger partial charge is 0.264 e. The minimum atomic E-state index is -0.486. The van der Waals surface area contributed by atoms with Crippen molar-refractivity contribution in [1.82, 2.24) is 9.55 Å². The van der Waals surface area contributed by atoms with Crippen molar-refractivity contribution >= 4 is 29.8 Å². The SMILES string of the molecule is CC[C@@H](C)n1c(O)c(C=Nc2ccccc2N)c(=O)[nH]c1=S. The highest BCUT2D eigenvalue weighted by Gasteiger charge is 2.14. The lowest BCUT2D eigenvalue weighted by Gasteiger charge is -2.16. The summed E-state index contributed by atoms with van der Waals surface area (Å²) in [6.07, 6.45) is 2.06. The van der Waals surface area contributed by atoms with Gasteiger partial charge in [0, 0.05) is 12.3 Å². The number of rotatable bonds is 4. The number of nitrogens with zero attached hydrogens (tertiary/aromatic N) is 2. The molecule has 0 aliphatic rings. The number of para-hydroxylation sites is 2. The van der Waals surface area contributed by atoms with Crippen LogP contribution in [0.5, 0.6) is 5.88 Å². The Bertz CT molecular complexity index is 823. The molecule has 0 fully saturated rings. The molecular weight excluding hydrogens is 300 g/mol. The van der Waals surface area contributed by atoms with Gasteiger partial charge >= 0.3 is 0 Å². The Labute approximate surface area is 133 Å². The van der Waals surface area contributed by atoms with Gasteiger partial charge in [0.05, 0.1) is 11.4 Å². The van der Waals surface area contributed by atoms with Crippen molar-refractivity contribution in [2.75, 3.05) is 5.73 Å². The predicted octanol–water partition coefficient (Wildman–Crippen LogP) is 2.92. The molecular formula is C15H18N4O2S. The van der Waals surface area contributed by atoms with Crippen molar-refractivity contribution < 1.29 is 5.11 Å². The topological polar surface area (TPSA) is 96.4 Å². The molecule has 0 amide bonds. The van der Waals surface area contributed by atoms with Crippen molar-refractivity contribution in [3.63, 3.8) is 0 Å². The van der Waals surface area contributed by atoms with Crippen molar-refractivity contribution in [3.05, 3.63) is 45.0 Å². The number of aromatic amines is 1. The first-order valence-electron chi connectivity index (χ1n) is 6.92. The van der Waals surface area contributed by atoms with E-state index in [-0.39, 0.29) is 22.3 Å². The van der Waals surface area contributed by atoms with Crippen LogP contribution >= 0.6 is 12.2 Å². The van der Waals surface area contributed by atoms with Crippen LogP contribution in [-0.2, 0) is 0 Å². The van der Waals surface area contributed by atoms with Gasteiger partial charge in [0.15, 0.2) is 4.77 Å². The zero-order chi connectivity index (χ0) is 16.3. The van der Waals surface area contributed by atoms with Crippen LogP contribution in [-0.4, -0.2) is 20.9 Å². The Balaban J connectivity index is 2.55. The van der Waals surface area contributed by atoms with Crippen molar-refractivity contribution in [1.29, 1.82) is 0 Å². The van der Waals surface area contributed by atoms with E-state index in [1.807, 2.05) is 13.8 Å². The average Bonchev–Trinajstić information content (AvgIpc) is 2.48. The molecule has 1 atom stereocenters. The number of aromatic nitrogens is 2. The number of hydrogen-bond acceptors (Lipinski definition) is 5. The summed E-state index contributed by atoms with van der Waals surface area (Å²) < 4.78 is 1.69. The molecule has 0 spiro atoms. The molecule has 0 aliphatic heterocycles. The van der Waals surface area contributed by atoms with E-state index in [0.717, 1.165) is 6.42 Å². The van der Waals surface area contributed by atoms with Crippen LogP contribution in [0.4, 0.5) is 11.4 Å². The fourth-order valence-electron chi connectivity index (χ4n) is 2.00. The van der Waals surface area contributed by atoms with Gasteiger partial charge in [-0.1, -0.05) is 19.1 Å². The van der Waals surface area contributed by atoms with Crippen LogP contribution in [0.3, 0.4) is 0 Å². The molecule has 116 valence electrons. The molecule has 0 radical (unpaired) electrons. The summed E-state index contributed by atoms with van der Waals surface area (Å²) in [4.78, 5) is 18.7. The summed E-state index contributed by atoms with van der Waals surface area (Å²) in [5.74, 6) is -0.193. The Morgan fingerprint density at radius 3 is 2.82 bits per heavy atom. The number of H-pyrrole nitrogens is 1. The van der Waals surface area contributed by atoms with Crippen molar-refractivity contribution in [2.45, 2.75) is 26.3 Å². The van der Waals surface area contributed by atoms with Gasteiger partial charge in [-0.3, -0.25) is 19.3 Å². The van der Waals surface area contributed by atoms with E-state index in [2.05, 4.69) is 9.98 Å². The normalized spacial score (nSPS) is 12.6. The summed E-state index contributed by atoms with van der Waals surface area (Å²) in [5, 5.41) is 10.4. The first-order valence-corrected chi connectivity index (χ1v) is 7.32. The number of hydrogen-bond donors (Lipinski definition) is 3. The quantitative estimate of drug-likeness (QED) is 0.459. The standard InChI is InChI=1S/C15H18N4O2S/c1-3-9(2)19-14(21)10(13(20)18-15(19)22)8-17-12-7-5-4-6-11(12)16/h4-9,21H,3,16H2,1-2H3,(H,18,20,22)/t9-/m1/s1. The van der Waals surface area contributed by atoms with Crippen LogP contribution in [0.25, 0.3) is 0 Å². The number of aliphatic imine (C=N–C) groups is 1. The number of anilines is 1. The second-order valence-corrected chi connectivity index (χ2v) is 5.33. The minimum absolute atomic E-state index is 0.0432. The Morgan fingerprint density at radius 1 is 1.50 bits per heavy atom. The maximum absolute atomic E-state index is 12.0. The molecule has 7 heteroatoms. The Hall–Kier alpha value is -2.41. The van der Waals surface area contributed by atoms with Gasteiger partial charge in [-0.15, -0.1) is 0 Å². The van der Waals surface area contributed by atoms with E-state index in [1.54, 1.807) is 24.3 Å². The van der Waals surface area contributed by atoms with Crippen molar-refractivity contribution in [3.8, 4) is 5.88 Å². The maximum atomic E-state index is 12.0. The average molecular weight is 318 g/mol. The molecule has 6 nitrogen and oxygen atoms in total. The van der Waals surface area contributed by atoms with Gasteiger partial charge in [-0.25, -0.2) is 0 Å². The third kappa shape index (κ3) is 3.09. The number of aromatic hydroxyl groups is 1. The van der Waals surface area contributed by atoms with Gasteiger partial charge < -0.3 is 10.8 Å². The van der Waals surface area contributed by atoms with E-state index in [9.17, 15) is 9.90 Å². The van der Waals surface area contributed by atoms with Gasteiger partial charge in [-0.05, 0) is 37.7 Å². The van der Waals surface area contributed by atoms with E-state index < -0.39 is 5.56 Å². The summed E-state index contributed by atoms with van der Waals surface area (Å²) in [5.41, 5.74) is 6.38. The molecule has 0 bridgehead atoms. The first-order chi connectivity index (χ1) is 10.5. The van der Waals surface area contributed by atoms with Crippen LogP contribution in [0.1, 0.15) is 31.9 Å². The Morgan fingerprint density at radius 2 is 2.18 bits per heavy atom. The number of benzene rings is 1. The summed E-state index contributed by atoms with van der Waals surface area (Å²) >= 11 is 5.11. The number of nitrogens with one attached hydrogen (secondary N) is 1. The van der Waals surface area contributed by atoms with Crippen LogP contribution in [0.15, 0.2) is 34.1 Å². The third-order valence-electron chi connectivity index (χ3n) is 3.45. The zero-order valence-corrected chi connectivity index (χ0v) is 13.2. The monoisotopic (exact) mass is 318 g/mol. The van der Waals surface area contributed by atoms with E-state index >= 15 is 0 Å². The number of nitrogens with two attached hydrogens (primary N) is 1. The molecule has 0 saturated heterocycles.